The second-order valence-electron chi connectivity index (χ2n) is 8.60. The molecule has 0 radical (unpaired) electrons. The fourth-order valence-corrected chi connectivity index (χ4v) is 4.65. The Labute approximate surface area is 209 Å². The molecule has 8 nitrogen and oxygen atoms in total. The van der Waals surface area contributed by atoms with E-state index in [1.165, 1.54) is 21.3 Å². The summed E-state index contributed by atoms with van der Waals surface area (Å²) in [6.07, 6.45) is 2.45. The number of esters is 1. The Bertz CT molecular complexity index is 1450. The van der Waals surface area contributed by atoms with Gasteiger partial charge in [0.15, 0.2) is 11.5 Å². The van der Waals surface area contributed by atoms with Crippen LogP contribution in [0.5, 0.6) is 17.2 Å². The zero-order chi connectivity index (χ0) is 25.8. The monoisotopic (exact) mass is 490 g/mol. The minimum Gasteiger partial charge on any atom is -0.507 e. The number of aromatic amines is 1. The van der Waals surface area contributed by atoms with E-state index in [0.29, 0.717) is 35.7 Å². The van der Waals surface area contributed by atoms with Gasteiger partial charge in [0.2, 0.25) is 0 Å². The third-order valence-corrected chi connectivity index (χ3v) is 6.56. The van der Waals surface area contributed by atoms with Gasteiger partial charge in [0, 0.05) is 35.3 Å². The van der Waals surface area contributed by atoms with Gasteiger partial charge in [0.1, 0.15) is 5.75 Å². The Morgan fingerprint density at radius 2 is 1.81 bits per heavy atom. The molecule has 2 N–H and O–H groups in total. The molecule has 2 aromatic heterocycles. The highest BCUT2D eigenvalue weighted by molar-refractivity contribution is 5.83. The summed E-state index contributed by atoms with van der Waals surface area (Å²) >= 11 is 0. The maximum Gasteiger partial charge on any atom is 0.306 e. The molecule has 0 bridgehead atoms. The number of carbonyl (C=O) groups excluding carboxylic acids is 1. The van der Waals surface area contributed by atoms with Crippen LogP contribution >= 0.6 is 0 Å². The second kappa shape index (κ2) is 10.6. The Morgan fingerprint density at radius 3 is 2.53 bits per heavy atom. The number of methoxy groups -OCH3 is 3. The van der Waals surface area contributed by atoms with Crippen molar-refractivity contribution < 1.29 is 24.1 Å². The zero-order valence-corrected chi connectivity index (χ0v) is 20.8. The van der Waals surface area contributed by atoms with Gasteiger partial charge in [-0.05, 0) is 48.7 Å². The number of carbonyl (C=O) groups is 1. The van der Waals surface area contributed by atoms with Crippen molar-refractivity contribution >= 4 is 16.9 Å². The smallest absolute Gasteiger partial charge is 0.306 e. The number of nitrogens with zero attached hydrogens (tertiary/aromatic N) is 1. The Balaban J connectivity index is 1.77. The van der Waals surface area contributed by atoms with Gasteiger partial charge in [-0.2, -0.15) is 0 Å². The Kier molecular flexibility index (Phi) is 7.33. The summed E-state index contributed by atoms with van der Waals surface area (Å²) in [5.74, 6) is -0.438. The van der Waals surface area contributed by atoms with Crippen molar-refractivity contribution in [3.8, 4) is 17.2 Å². The van der Waals surface area contributed by atoms with Gasteiger partial charge in [-0.3, -0.25) is 9.59 Å². The quantitative estimate of drug-likeness (QED) is 0.339. The fraction of sp³-hybridized carbons (Fsp3) is 0.286. The van der Waals surface area contributed by atoms with E-state index in [4.69, 9.17) is 14.2 Å². The predicted octanol–water partition coefficient (Wildman–Crippen LogP) is 4.30. The van der Waals surface area contributed by atoms with E-state index in [1.54, 1.807) is 35.8 Å². The lowest BCUT2D eigenvalue weighted by Gasteiger charge is -2.21. The first-order chi connectivity index (χ1) is 17.4. The summed E-state index contributed by atoms with van der Waals surface area (Å²) in [6, 6.07) is 14.7. The molecule has 4 aromatic rings. The van der Waals surface area contributed by atoms with Crippen molar-refractivity contribution in [2.75, 3.05) is 21.3 Å². The Morgan fingerprint density at radius 1 is 1.06 bits per heavy atom. The number of hydrogen-bond acceptors (Lipinski definition) is 6. The molecule has 0 saturated heterocycles. The van der Waals surface area contributed by atoms with Crippen LogP contribution in [-0.4, -0.2) is 42.0 Å². The van der Waals surface area contributed by atoms with Crippen molar-refractivity contribution in [2.24, 2.45) is 0 Å². The van der Waals surface area contributed by atoms with Gasteiger partial charge in [0.05, 0.1) is 33.3 Å². The van der Waals surface area contributed by atoms with Crippen LogP contribution < -0.4 is 15.0 Å². The number of para-hydroxylation sites is 1. The van der Waals surface area contributed by atoms with E-state index in [0.717, 1.165) is 16.5 Å². The fourth-order valence-electron chi connectivity index (χ4n) is 4.65. The summed E-state index contributed by atoms with van der Waals surface area (Å²) in [6.45, 7) is 2.20. The molecule has 0 unspecified atom stereocenters. The third-order valence-electron chi connectivity index (χ3n) is 6.56. The van der Waals surface area contributed by atoms with Gasteiger partial charge in [0.25, 0.3) is 5.56 Å². The van der Waals surface area contributed by atoms with Gasteiger partial charge in [-0.1, -0.05) is 24.3 Å². The van der Waals surface area contributed by atoms with Gasteiger partial charge in [-0.25, -0.2) is 0 Å². The lowest BCUT2D eigenvalue weighted by Crippen LogP contribution is -2.29. The molecule has 0 aliphatic heterocycles. The maximum atomic E-state index is 13.8. The highest BCUT2D eigenvalue weighted by Crippen LogP contribution is 2.37. The topological polar surface area (TPSA) is 103 Å². The molecule has 0 saturated carbocycles. The Hall–Kier alpha value is -4.20. The van der Waals surface area contributed by atoms with Gasteiger partial charge < -0.3 is 28.9 Å². The molecular formula is C28H30N2O6. The van der Waals surface area contributed by atoms with Crippen LogP contribution in [0.25, 0.3) is 10.9 Å². The molecule has 8 heteroatoms. The number of aromatic hydroxyl groups is 1. The SMILES string of the molecule is COC(=O)C[C@H](c1ccc(OC)c(OC)c1)c1c(O)cc(C)n(CCc2c[nH]c3ccccc23)c1=O. The van der Waals surface area contributed by atoms with Crippen LogP contribution in [0.4, 0.5) is 0 Å². The molecule has 0 fully saturated rings. The minimum absolute atomic E-state index is 0.125. The molecule has 1 atom stereocenters. The highest BCUT2D eigenvalue weighted by atomic mass is 16.5. The highest BCUT2D eigenvalue weighted by Gasteiger charge is 2.27. The number of aromatic nitrogens is 2. The van der Waals surface area contributed by atoms with Gasteiger partial charge in [-0.15, -0.1) is 0 Å². The van der Waals surface area contributed by atoms with Crippen molar-refractivity contribution in [1.29, 1.82) is 0 Å². The minimum atomic E-state index is -0.746. The van der Waals surface area contributed by atoms with Crippen LogP contribution in [0.15, 0.2) is 59.5 Å². The number of hydrogen-bond donors (Lipinski definition) is 2. The second-order valence-corrected chi connectivity index (χ2v) is 8.60. The zero-order valence-electron chi connectivity index (χ0n) is 20.8. The average molecular weight is 491 g/mol. The lowest BCUT2D eigenvalue weighted by molar-refractivity contribution is -0.140. The van der Waals surface area contributed by atoms with E-state index in [9.17, 15) is 14.7 Å². The molecule has 36 heavy (non-hydrogen) atoms. The maximum absolute atomic E-state index is 13.8. The molecule has 188 valence electrons. The van der Waals surface area contributed by atoms with E-state index >= 15 is 0 Å². The summed E-state index contributed by atoms with van der Waals surface area (Å²) in [5.41, 5.74) is 3.17. The van der Waals surface area contributed by atoms with Crippen LogP contribution in [-0.2, 0) is 22.5 Å². The molecule has 0 aliphatic carbocycles. The number of ether oxygens (including phenoxy) is 3. The first kappa shape index (κ1) is 24.9. The molecule has 0 amide bonds. The number of rotatable bonds is 9. The number of fused-ring (bicyclic) bond motifs is 1. The number of H-pyrrole nitrogens is 1. The largest absolute Gasteiger partial charge is 0.507 e. The number of benzene rings is 2. The molecular weight excluding hydrogens is 460 g/mol. The molecule has 2 aromatic carbocycles. The molecule has 2 heterocycles. The molecule has 0 aliphatic rings. The number of nitrogens with one attached hydrogen (secondary N) is 1. The summed E-state index contributed by atoms with van der Waals surface area (Å²) in [5, 5.41) is 12.0. The van der Waals surface area contributed by atoms with Crippen molar-refractivity contribution in [3.63, 3.8) is 0 Å². The van der Waals surface area contributed by atoms with Crippen molar-refractivity contribution in [2.45, 2.75) is 32.2 Å². The molecule has 4 rings (SSSR count). The van der Waals surface area contributed by atoms with Crippen molar-refractivity contribution in [1.82, 2.24) is 9.55 Å². The summed E-state index contributed by atoms with van der Waals surface area (Å²) in [4.78, 5) is 29.4. The van der Waals surface area contributed by atoms with E-state index in [1.807, 2.05) is 30.5 Å². The normalized spacial score (nSPS) is 11.9. The average Bonchev–Trinajstić information content (AvgIpc) is 3.30. The molecule has 0 spiro atoms. The number of pyridine rings is 1. The summed E-state index contributed by atoms with van der Waals surface area (Å²) < 4.78 is 17.3. The van der Waals surface area contributed by atoms with Crippen LogP contribution in [0, 0.1) is 6.92 Å². The van der Waals surface area contributed by atoms with E-state index in [-0.39, 0.29) is 23.3 Å². The lowest BCUT2D eigenvalue weighted by atomic mass is 9.88. The standard InChI is InChI=1S/C28H30N2O6/c1-17-13-23(31)27(21(15-26(32)36-4)18-9-10-24(34-2)25(14-18)35-3)28(33)30(17)12-11-19-16-29-22-8-6-5-7-20(19)22/h5-10,13-14,16,21,29,31H,11-12,15H2,1-4H3/t21-/m1/s1. The summed E-state index contributed by atoms with van der Waals surface area (Å²) in [7, 11) is 4.34. The van der Waals surface area contributed by atoms with Crippen LogP contribution in [0.1, 0.15) is 34.7 Å². The van der Waals surface area contributed by atoms with Crippen LogP contribution in [0.3, 0.4) is 0 Å². The van der Waals surface area contributed by atoms with Crippen molar-refractivity contribution in [3.05, 3.63) is 87.5 Å². The predicted molar refractivity (Wildman–Crippen MR) is 137 cm³/mol. The van der Waals surface area contributed by atoms with Gasteiger partial charge >= 0.3 is 5.97 Å². The number of aryl methyl sites for hydroxylation is 2. The van der Waals surface area contributed by atoms with E-state index in [2.05, 4.69) is 4.98 Å². The van der Waals surface area contributed by atoms with Crippen LogP contribution in [0.2, 0.25) is 0 Å². The first-order valence-corrected chi connectivity index (χ1v) is 11.6. The first-order valence-electron chi connectivity index (χ1n) is 11.6. The van der Waals surface area contributed by atoms with E-state index < -0.39 is 11.9 Å². The third kappa shape index (κ3) is 4.79.